The molecule has 138 valence electrons. The molecule has 0 saturated carbocycles. The number of nitrogens with one attached hydrogen (secondary N) is 1. The van der Waals surface area contributed by atoms with E-state index >= 15 is 0 Å². The molecule has 1 aliphatic heterocycles. The highest BCUT2D eigenvalue weighted by Crippen LogP contribution is 2.24. The Balaban J connectivity index is 1.37. The summed E-state index contributed by atoms with van der Waals surface area (Å²) in [6.45, 7) is 1.58. The van der Waals surface area contributed by atoms with E-state index < -0.39 is 0 Å². The van der Waals surface area contributed by atoms with E-state index in [2.05, 4.69) is 41.1 Å². The molecule has 0 unspecified atom stereocenters. The van der Waals surface area contributed by atoms with Gasteiger partial charge in [0.25, 0.3) is 0 Å². The molecular formula is C19H19BrN6O. The van der Waals surface area contributed by atoms with Crippen molar-refractivity contribution >= 4 is 33.3 Å². The molecule has 1 amide bonds. The molecule has 0 radical (unpaired) electrons. The van der Waals surface area contributed by atoms with Crippen molar-refractivity contribution in [3.8, 4) is 5.82 Å². The second kappa shape index (κ2) is 7.87. The van der Waals surface area contributed by atoms with E-state index in [1.165, 1.54) is 0 Å². The molecule has 0 aliphatic carbocycles. The summed E-state index contributed by atoms with van der Waals surface area (Å²) in [7, 11) is 0. The van der Waals surface area contributed by atoms with Crippen LogP contribution in [-0.2, 0) is 4.79 Å². The van der Waals surface area contributed by atoms with Crippen molar-refractivity contribution in [2.75, 3.05) is 23.3 Å². The lowest BCUT2D eigenvalue weighted by molar-refractivity contribution is -0.120. The highest BCUT2D eigenvalue weighted by atomic mass is 79.9. The van der Waals surface area contributed by atoms with E-state index in [1.807, 2.05) is 41.1 Å². The average molecular weight is 427 g/mol. The van der Waals surface area contributed by atoms with Crippen molar-refractivity contribution in [1.82, 2.24) is 19.5 Å². The van der Waals surface area contributed by atoms with Crippen LogP contribution in [0.5, 0.6) is 0 Å². The Bertz CT molecular complexity index is 904. The number of benzene rings is 1. The van der Waals surface area contributed by atoms with Crippen molar-refractivity contribution < 1.29 is 4.79 Å². The summed E-state index contributed by atoms with van der Waals surface area (Å²) in [6, 6.07) is 9.59. The summed E-state index contributed by atoms with van der Waals surface area (Å²) in [6.07, 6.45) is 8.45. The summed E-state index contributed by atoms with van der Waals surface area (Å²) < 4.78 is 2.84. The van der Waals surface area contributed by atoms with Gasteiger partial charge in [-0.1, -0.05) is 15.9 Å². The Morgan fingerprint density at radius 1 is 1.11 bits per heavy atom. The molecule has 2 aromatic heterocycles. The number of imidazole rings is 1. The van der Waals surface area contributed by atoms with Crippen molar-refractivity contribution in [3.63, 3.8) is 0 Å². The van der Waals surface area contributed by atoms with Gasteiger partial charge in [0.2, 0.25) is 5.91 Å². The van der Waals surface area contributed by atoms with E-state index in [4.69, 9.17) is 0 Å². The lowest BCUT2D eigenvalue weighted by atomic mass is 9.96. The molecule has 27 heavy (non-hydrogen) atoms. The zero-order valence-electron chi connectivity index (χ0n) is 14.6. The Morgan fingerprint density at radius 2 is 1.85 bits per heavy atom. The second-order valence-corrected chi connectivity index (χ2v) is 7.38. The van der Waals surface area contributed by atoms with Crippen LogP contribution in [0, 0.1) is 5.92 Å². The first-order chi connectivity index (χ1) is 13.2. The van der Waals surface area contributed by atoms with Gasteiger partial charge in [0, 0.05) is 47.6 Å². The zero-order valence-corrected chi connectivity index (χ0v) is 16.2. The zero-order chi connectivity index (χ0) is 18.6. The summed E-state index contributed by atoms with van der Waals surface area (Å²) in [5.41, 5.74) is 0.825. The summed E-state index contributed by atoms with van der Waals surface area (Å²) in [5.74, 6) is 1.76. The highest BCUT2D eigenvalue weighted by Gasteiger charge is 2.26. The van der Waals surface area contributed by atoms with E-state index in [0.29, 0.717) is 0 Å². The van der Waals surface area contributed by atoms with E-state index in [-0.39, 0.29) is 11.8 Å². The third kappa shape index (κ3) is 4.16. The van der Waals surface area contributed by atoms with Gasteiger partial charge in [0.1, 0.15) is 24.3 Å². The predicted octanol–water partition coefficient (Wildman–Crippen LogP) is 3.28. The number of anilines is 2. The molecule has 0 atom stereocenters. The van der Waals surface area contributed by atoms with Crippen molar-refractivity contribution in [2.45, 2.75) is 12.8 Å². The van der Waals surface area contributed by atoms with Gasteiger partial charge in [-0.15, -0.1) is 0 Å². The fraction of sp³-hybridized carbons (Fsp3) is 0.263. The minimum absolute atomic E-state index is 0.0138. The highest BCUT2D eigenvalue weighted by molar-refractivity contribution is 9.10. The molecule has 7 nitrogen and oxygen atoms in total. The monoisotopic (exact) mass is 426 g/mol. The lowest BCUT2D eigenvalue weighted by Crippen LogP contribution is -2.38. The number of carbonyl (C=O) groups excluding carboxylic acids is 1. The number of amides is 1. The maximum Gasteiger partial charge on any atom is 0.227 e. The topological polar surface area (TPSA) is 75.9 Å². The first-order valence-electron chi connectivity index (χ1n) is 8.81. The van der Waals surface area contributed by atoms with Gasteiger partial charge in [0.05, 0.1) is 0 Å². The van der Waals surface area contributed by atoms with Crippen LogP contribution in [-0.4, -0.2) is 38.5 Å². The number of hydrogen-bond acceptors (Lipinski definition) is 5. The molecule has 1 fully saturated rings. The van der Waals surface area contributed by atoms with Crippen molar-refractivity contribution in [2.24, 2.45) is 5.92 Å². The predicted molar refractivity (Wildman–Crippen MR) is 107 cm³/mol. The fourth-order valence-corrected chi connectivity index (χ4v) is 3.46. The minimum atomic E-state index is 0.0138. The van der Waals surface area contributed by atoms with Crippen LogP contribution in [0.1, 0.15) is 12.8 Å². The van der Waals surface area contributed by atoms with Gasteiger partial charge in [0.15, 0.2) is 0 Å². The number of aromatic nitrogens is 4. The van der Waals surface area contributed by atoms with Gasteiger partial charge < -0.3 is 10.2 Å². The average Bonchev–Trinajstić information content (AvgIpc) is 3.25. The molecule has 3 heterocycles. The molecule has 3 aromatic rings. The maximum absolute atomic E-state index is 12.5. The van der Waals surface area contributed by atoms with E-state index in [9.17, 15) is 4.79 Å². The van der Waals surface area contributed by atoms with Gasteiger partial charge in [-0.2, -0.15) is 0 Å². The van der Waals surface area contributed by atoms with Crippen LogP contribution < -0.4 is 10.2 Å². The molecule has 0 spiro atoms. The minimum Gasteiger partial charge on any atom is -0.356 e. The largest absolute Gasteiger partial charge is 0.356 e. The van der Waals surface area contributed by atoms with Crippen LogP contribution in [0.4, 0.5) is 11.5 Å². The quantitative estimate of drug-likeness (QED) is 0.692. The van der Waals surface area contributed by atoms with Gasteiger partial charge in [-0.05, 0) is 37.1 Å². The van der Waals surface area contributed by atoms with Crippen LogP contribution in [0.15, 0.2) is 59.9 Å². The summed E-state index contributed by atoms with van der Waals surface area (Å²) in [4.78, 5) is 27.5. The summed E-state index contributed by atoms with van der Waals surface area (Å²) in [5, 5.41) is 3.01. The maximum atomic E-state index is 12.5. The molecule has 0 bridgehead atoms. The van der Waals surface area contributed by atoms with Crippen molar-refractivity contribution in [1.29, 1.82) is 0 Å². The number of hydrogen-bond donors (Lipinski definition) is 1. The van der Waals surface area contributed by atoms with Gasteiger partial charge in [-0.25, -0.2) is 15.0 Å². The van der Waals surface area contributed by atoms with Crippen LogP contribution in [0.2, 0.25) is 0 Å². The second-order valence-electron chi connectivity index (χ2n) is 6.46. The first kappa shape index (κ1) is 17.7. The van der Waals surface area contributed by atoms with E-state index in [0.717, 1.165) is 47.7 Å². The number of piperidine rings is 1. The molecular weight excluding hydrogens is 408 g/mol. The third-order valence-electron chi connectivity index (χ3n) is 4.71. The lowest BCUT2D eigenvalue weighted by Gasteiger charge is -2.32. The Hall–Kier alpha value is -2.74. The first-order valence-corrected chi connectivity index (χ1v) is 9.60. The molecule has 1 aliphatic rings. The standard InChI is InChI=1S/C19H19BrN6O/c20-15-1-3-16(4-2-15)24-19(27)14-5-8-25(9-6-14)17-11-18(23-12-22-17)26-10-7-21-13-26/h1-4,7,10-14H,5-6,8-9H2,(H,24,27). The summed E-state index contributed by atoms with van der Waals surface area (Å²) >= 11 is 3.40. The number of nitrogens with zero attached hydrogens (tertiary/aromatic N) is 5. The molecule has 1 saturated heterocycles. The van der Waals surface area contributed by atoms with Crippen LogP contribution >= 0.6 is 15.9 Å². The normalized spacial score (nSPS) is 14.9. The van der Waals surface area contributed by atoms with Gasteiger partial charge >= 0.3 is 0 Å². The molecule has 4 rings (SSSR count). The molecule has 1 N–H and O–H groups in total. The van der Waals surface area contributed by atoms with Crippen molar-refractivity contribution in [3.05, 3.63) is 59.9 Å². The Labute approximate surface area is 165 Å². The Morgan fingerprint density at radius 3 is 2.56 bits per heavy atom. The Kier molecular flexibility index (Phi) is 5.15. The van der Waals surface area contributed by atoms with Crippen LogP contribution in [0.3, 0.4) is 0 Å². The smallest absolute Gasteiger partial charge is 0.227 e. The SMILES string of the molecule is O=C(Nc1ccc(Br)cc1)C1CCN(c2cc(-n3ccnc3)ncn2)CC1. The number of rotatable bonds is 4. The third-order valence-corrected chi connectivity index (χ3v) is 5.24. The fourth-order valence-electron chi connectivity index (χ4n) is 3.19. The molecule has 1 aromatic carbocycles. The molecule has 8 heteroatoms. The van der Waals surface area contributed by atoms with Gasteiger partial charge in [-0.3, -0.25) is 9.36 Å². The number of halogens is 1. The number of carbonyl (C=O) groups is 1. The van der Waals surface area contributed by atoms with Crippen LogP contribution in [0.25, 0.3) is 5.82 Å². The van der Waals surface area contributed by atoms with E-state index in [1.54, 1.807) is 18.9 Å².